The first kappa shape index (κ1) is 12.7. The number of aromatic nitrogens is 1. The van der Waals surface area contributed by atoms with E-state index in [-0.39, 0.29) is 0 Å². The normalized spacial score (nSPS) is 14.2. The summed E-state index contributed by atoms with van der Waals surface area (Å²) in [5.74, 6) is 0. The Hall–Kier alpha value is -2.30. The Balaban J connectivity index is 1.94. The number of nitrogens with zero attached hydrogens (tertiary/aromatic N) is 2. The van der Waals surface area contributed by atoms with Gasteiger partial charge >= 0.3 is 6.18 Å². The summed E-state index contributed by atoms with van der Waals surface area (Å²) in [5.41, 5.74) is 1.72. The summed E-state index contributed by atoms with van der Waals surface area (Å²) in [6.07, 6.45) is 2.70. The minimum Gasteiger partial charge on any atom is -0.342 e. The van der Waals surface area contributed by atoms with Gasteiger partial charge < -0.3 is 4.90 Å². The molecule has 2 nitrogen and oxygen atoms in total. The molecular weight excluding hydrogens is 265 g/mol. The second-order valence-electron chi connectivity index (χ2n) is 4.57. The van der Waals surface area contributed by atoms with Crippen molar-refractivity contribution in [1.29, 1.82) is 0 Å². The SMILES string of the molecule is FC(F)(F)c1ccc2c(c1)CN(c1cccnc1)C=C2. The smallest absolute Gasteiger partial charge is 0.342 e. The van der Waals surface area contributed by atoms with Crippen LogP contribution in [0.3, 0.4) is 0 Å². The molecule has 0 amide bonds. The zero-order valence-electron chi connectivity index (χ0n) is 10.4. The number of benzene rings is 1. The first-order valence-electron chi connectivity index (χ1n) is 6.09. The first-order chi connectivity index (χ1) is 9.54. The maximum absolute atomic E-state index is 12.7. The molecule has 3 rings (SSSR count). The first-order valence-corrected chi connectivity index (χ1v) is 6.09. The number of hydrogen-bond acceptors (Lipinski definition) is 2. The molecule has 0 radical (unpaired) electrons. The lowest BCUT2D eigenvalue weighted by Gasteiger charge is -2.25. The van der Waals surface area contributed by atoms with Gasteiger partial charge in [0.25, 0.3) is 0 Å². The predicted octanol–water partition coefficient (Wildman–Crippen LogP) is 4.09. The van der Waals surface area contributed by atoms with Crippen LogP contribution in [0.25, 0.3) is 6.08 Å². The second kappa shape index (κ2) is 4.67. The Bertz CT molecular complexity index is 648. The van der Waals surface area contributed by atoms with Gasteiger partial charge in [0.2, 0.25) is 0 Å². The average molecular weight is 276 g/mol. The van der Waals surface area contributed by atoms with E-state index in [2.05, 4.69) is 4.98 Å². The van der Waals surface area contributed by atoms with Gasteiger partial charge in [0.1, 0.15) is 0 Å². The van der Waals surface area contributed by atoms with E-state index in [1.54, 1.807) is 18.5 Å². The van der Waals surface area contributed by atoms with E-state index in [0.29, 0.717) is 12.1 Å². The molecule has 0 fully saturated rings. The maximum atomic E-state index is 12.7. The molecule has 0 aliphatic carbocycles. The van der Waals surface area contributed by atoms with E-state index < -0.39 is 11.7 Å². The van der Waals surface area contributed by atoms with E-state index in [0.717, 1.165) is 17.3 Å². The third-order valence-electron chi connectivity index (χ3n) is 3.22. The van der Waals surface area contributed by atoms with Crippen molar-refractivity contribution in [3.63, 3.8) is 0 Å². The Morgan fingerprint density at radius 2 is 2.00 bits per heavy atom. The minimum absolute atomic E-state index is 0.404. The molecule has 1 aromatic carbocycles. The van der Waals surface area contributed by atoms with Crippen LogP contribution in [0.4, 0.5) is 18.9 Å². The van der Waals surface area contributed by atoms with Gasteiger partial charge in [-0.1, -0.05) is 6.07 Å². The molecule has 0 unspecified atom stereocenters. The van der Waals surface area contributed by atoms with Gasteiger partial charge in [-0.2, -0.15) is 13.2 Å². The van der Waals surface area contributed by atoms with Crippen molar-refractivity contribution in [3.05, 3.63) is 65.6 Å². The Morgan fingerprint density at radius 1 is 1.15 bits per heavy atom. The molecule has 102 valence electrons. The average Bonchev–Trinajstić information content (AvgIpc) is 2.46. The van der Waals surface area contributed by atoms with E-state index in [1.807, 2.05) is 23.2 Å². The molecule has 1 aromatic heterocycles. The second-order valence-corrected chi connectivity index (χ2v) is 4.57. The number of anilines is 1. The molecule has 20 heavy (non-hydrogen) atoms. The van der Waals surface area contributed by atoms with Crippen LogP contribution in [0.2, 0.25) is 0 Å². The summed E-state index contributed by atoms with van der Waals surface area (Å²) in [6, 6.07) is 7.50. The van der Waals surface area contributed by atoms with Gasteiger partial charge in [0, 0.05) is 18.9 Å². The van der Waals surface area contributed by atoms with Crippen molar-refractivity contribution in [2.24, 2.45) is 0 Å². The van der Waals surface area contributed by atoms with Crippen LogP contribution >= 0.6 is 0 Å². The summed E-state index contributed by atoms with van der Waals surface area (Å²) >= 11 is 0. The van der Waals surface area contributed by atoms with E-state index in [4.69, 9.17) is 0 Å². The highest BCUT2D eigenvalue weighted by Gasteiger charge is 2.31. The Kier molecular flexibility index (Phi) is 2.97. The van der Waals surface area contributed by atoms with E-state index in [9.17, 15) is 13.2 Å². The van der Waals surface area contributed by atoms with Crippen molar-refractivity contribution in [3.8, 4) is 0 Å². The summed E-state index contributed by atoms with van der Waals surface area (Å²) in [5, 5.41) is 0. The number of pyridine rings is 1. The highest BCUT2D eigenvalue weighted by molar-refractivity contribution is 5.64. The van der Waals surface area contributed by atoms with Crippen LogP contribution < -0.4 is 4.90 Å². The van der Waals surface area contributed by atoms with Crippen LogP contribution in [0.1, 0.15) is 16.7 Å². The van der Waals surface area contributed by atoms with Crippen molar-refractivity contribution < 1.29 is 13.2 Å². The topological polar surface area (TPSA) is 16.1 Å². The summed E-state index contributed by atoms with van der Waals surface area (Å²) in [7, 11) is 0. The Morgan fingerprint density at radius 3 is 2.70 bits per heavy atom. The maximum Gasteiger partial charge on any atom is 0.416 e. The standard InChI is InChI=1S/C15H11F3N2/c16-15(17,18)13-4-3-11-5-7-20(10-12(11)8-13)14-2-1-6-19-9-14/h1-9H,10H2. The highest BCUT2D eigenvalue weighted by atomic mass is 19.4. The van der Waals surface area contributed by atoms with E-state index >= 15 is 0 Å². The lowest BCUT2D eigenvalue weighted by molar-refractivity contribution is -0.137. The minimum atomic E-state index is -4.31. The molecule has 0 spiro atoms. The molecule has 0 saturated carbocycles. The van der Waals surface area contributed by atoms with Gasteiger partial charge in [-0.15, -0.1) is 0 Å². The molecule has 5 heteroatoms. The fraction of sp³-hybridized carbons (Fsp3) is 0.133. The molecule has 1 aliphatic heterocycles. The van der Waals surface area contributed by atoms with Crippen LogP contribution in [0, 0.1) is 0 Å². The predicted molar refractivity (Wildman–Crippen MR) is 70.9 cm³/mol. The van der Waals surface area contributed by atoms with Crippen molar-refractivity contribution in [2.75, 3.05) is 4.90 Å². The fourth-order valence-corrected chi connectivity index (χ4v) is 2.19. The van der Waals surface area contributed by atoms with Gasteiger partial charge in [-0.25, -0.2) is 0 Å². The molecular formula is C15H11F3N2. The van der Waals surface area contributed by atoms with Crippen molar-refractivity contribution in [1.82, 2.24) is 4.98 Å². The zero-order valence-corrected chi connectivity index (χ0v) is 10.4. The van der Waals surface area contributed by atoms with Crippen LogP contribution in [-0.2, 0) is 12.7 Å². The molecule has 2 heterocycles. The quantitative estimate of drug-likeness (QED) is 0.779. The summed E-state index contributed by atoms with van der Waals surface area (Å²) in [4.78, 5) is 5.89. The monoisotopic (exact) mass is 276 g/mol. The van der Waals surface area contributed by atoms with Crippen LogP contribution in [0.5, 0.6) is 0 Å². The van der Waals surface area contributed by atoms with Crippen molar-refractivity contribution >= 4 is 11.8 Å². The molecule has 0 atom stereocenters. The fourth-order valence-electron chi connectivity index (χ4n) is 2.19. The van der Waals surface area contributed by atoms with E-state index in [1.165, 1.54) is 12.1 Å². The molecule has 2 aromatic rings. The number of alkyl halides is 3. The number of rotatable bonds is 1. The Labute approximate surface area is 114 Å². The number of fused-ring (bicyclic) bond motifs is 1. The highest BCUT2D eigenvalue weighted by Crippen LogP contribution is 2.33. The summed E-state index contributed by atoms with van der Waals surface area (Å²) < 4.78 is 38.2. The lowest BCUT2D eigenvalue weighted by atomic mass is 10.0. The largest absolute Gasteiger partial charge is 0.416 e. The number of halogens is 3. The van der Waals surface area contributed by atoms with Gasteiger partial charge in [-0.05, 0) is 41.5 Å². The third kappa shape index (κ3) is 2.39. The molecule has 0 bridgehead atoms. The lowest BCUT2D eigenvalue weighted by Crippen LogP contribution is -2.20. The number of hydrogen-bond donors (Lipinski definition) is 0. The van der Waals surface area contributed by atoms with Crippen LogP contribution in [0.15, 0.2) is 48.9 Å². The molecule has 0 N–H and O–H groups in total. The van der Waals surface area contributed by atoms with Gasteiger partial charge in [0.15, 0.2) is 0 Å². The van der Waals surface area contributed by atoms with Gasteiger partial charge in [-0.3, -0.25) is 4.98 Å². The van der Waals surface area contributed by atoms with Crippen molar-refractivity contribution in [2.45, 2.75) is 12.7 Å². The zero-order chi connectivity index (χ0) is 14.2. The summed E-state index contributed by atoms with van der Waals surface area (Å²) in [6.45, 7) is 0.404. The molecule has 1 aliphatic rings. The molecule has 0 saturated heterocycles. The third-order valence-corrected chi connectivity index (χ3v) is 3.22. The van der Waals surface area contributed by atoms with Crippen LogP contribution in [-0.4, -0.2) is 4.98 Å². The van der Waals surface area contributed by atoms with Gasteiger partial charge in [0.05, 0.1) is 17.4 Å².